The Bertz CT molecular complexity index is 602. The summed E-state index contributed by atoms with van der Waals surface area (Å²) in [5, 5.41) is 10.4. The topological polar surface area (TPSA) is 29.5 Å². The van der Waals surface area contributed by atoms with Gasteiger partial charge in [-0.05, 0) is 41.5 Å². The normalized spacial score (nSPS) is 12.5. The molecule has 0 aliphatic heterocycles. The predicted octanol–water partition coefficient (Wildman–Crippen LogP) is 4.36. The van der Waals surface area contributed by atoms with Gasteiger partial charge in [-0.15, -0.1) is 0 Å². The molecule has 0 saturated carbocycles. The first-order valence-electron chi connectivity index (χ1n) is 6.12. The molecule has 0 aromatic heterocycles. The van der Waals surface area contributed by atoms with E-state index in [9.17, 15) is 18.3 Å². The molecular formula is C15H12ClF3O2. The molecule has 112 valence electrons. The van der Waals surface area contributed by atoms with Crippen LogP contribution in [0.25, 0.3) is 0 Å². The zero-order valence-corrected chi connectivity index (χ0v) is 11.5. The SMILES string of the molecule is OC(Cc1cc(F)ccc1Cl)c1ccc(OC(F)F)cc1. The zero-order valence-electron chi connectivity index (χ0n) is 10.8. The highest BCUT2D eigenvalue weighted by molar-refractivity contribution is 6.31. The maximum absolute atomic E-state index is 13.1. The lowest BCUT2D eigenvalue weighted by Crippen LogP contribution is -2.04. The van der Waals surface area contributed by atoms with Crippen molar-refractivity contribution in [2.45, 2.75) is 19.1 Å². The summed E-state index contributed by atoms with van der Waals surface area (Å²) < 4.78 is 41.4. The minimum Gasteiger partial charge on any atom is -0.435 e. The highest BCUT2D eigenvalue weighted by atomic mass is 35.5. The quantitative estimate of drug-likeness (QED) is 0.888. The molecule has 0 bridgehead atoms. The Morgan fingerprint density at radius 1 is 1.10 bits per heavy atom. The zero-order chi connectivity index (χ0) is 15.4. The Hall–Kier alpha value is -1.72. The lowest BCUT2D eigenvalue weighted by Gasteiger charge is -2.13. The van der Waals surface area contributed by atoms with E-state index in [0.29, 0.717) is 16.1 Å². The van der Waals surface area contributed by atoms with Gasteiger partial charge in [-0.2, -0.15) is 8.78 Å². The monoisotopic (exact) mass is 316 g/mol. The average Bonchev–Trinajstić information content (AvgIpc) is 2.43. The van der Waals surface area contributed by atoms with E-state index in [-0.39, 0.29) is 12.2 Å². The molecule has 0 saturated heterocycles. The van der Waals surface area contributed by atoms with Crippen LogP contribution in [0.5, 0.6) is 5.75 Å². The van der Waals surface area contributed by atoms with Gasteiger partial charge in [-0.1, -0.05) is 23.7 Å². The summed E-state index contributed by atoms with van der Waals surface area (Å²) in [5.74, 6) is -0.438. The maximum atomic E-state index is 13.1. The first kappa shape index (κ1) is 15.7. The van der Waals surface area contributed by atoms with E-state index in [1.165, 1.54) is 42.5 Å². The van der Waals surface area contributed by atoms with Crippen molar-refractivity contribution >= 4 is 11.6 Å². The molecule has 21 heavy (non-hydrogen) atoms. The third-order valence-corrected chi connectivity index (χ3v) is 3.28. The Morgan fingerprint density at radius 2 is 1.76 bits per heavy atom. The molecule has 1 atom stereocenters. The summed E-state index contributed by atoms with van der Waals surface area (Å²) >= 11 is 5.93. The van der Waals surface area contributed by atoms with Gasteiger partial charge < -0.3 is 9.84 Å². The van der Waals surface area contributed by atoms with Gasteiger partial charge in [0.2, 0.25) is 0 Å². The van der Waals surface area contributed by atoms with Crippen molar-refractivity contribution in [3.8, 4) is 5.75 Å². The molecule has 0 fully saturated rings. The van der Waals surface area contributed by atoms with Crippen LogP contribution in [0.15, 0.2) is 42.5 Å². The van der Waals surface area contributed by atoms with E-state index in [2.05, 4.69) is 4.74 Å². The lowest BCUT2D eigenvalue weighted by molar-refractivity contribution is -0.0498. The molecule has 0 spiro atoms. The molecule has 1 N–H and O–H groups in total. The van der Waals surface area contributed by atoms with Crippen LogP contribution < -0.4 is 4.74 Å². The number of hydrogen-bond acceptors (Lipinski definition) is 2. The van der Waals surface area contributed by atoms with E-state index >= 15 is 0 Å². The molecule has 0 heterocycles. The fourth-order valence-corrected chi connectivity index (χ4v) is 2.09. The van der Waals surface area contributed by atoms with Crippen molar-refractivity contribution < 1.29 is 23.0 Å². The number of rotatable bonds is 5. The van der Waals surface area contributed by atoms with Gasteiger partial charge in [-0.3, -0.25) is 0 Å². The van der Waals surface area contributed by atoms with Crippen LogP contribution in [0, 0.1) is 5.82 Å². The number of aliphatic hydroxyl groups excluding tert-OH is 1. The predicted molar refractivity (Wildman–Crippen MR) is 73.1 cm³/mol. The first-order valence-corrected chi connectivity index (χ1v) is 6.50. The molecule has 0 radical (unpaired) electrons. The molecule has 2 rings (SSSR count). The Balaban J connectivity index is 2.09. The van der Waals surface area contributed by atoms with Crippen molar-refractivity contribution in [3.63, 3.8) is 0 Å². The van der Waals surface area contributed by atoms with Gasteiger partial charge in [0, 0.05) is 11.4 Å². The number of benzene rings is 2. The summed E-state index contributed by atoms with van der Waals surface area (Å²) in [6.45, 7) is -2.90. The van der Waals surface area contributed by atoms with Gasteiger partial charge in [-0.25, -0.2) is 4.39 Å². The van der Waals surface area contributed by atoms with E-state index in [0.717, 1.165) is 0 Å². The first-order chi connectivity index (χ1) is 9.95. The number of ether oxygens (including phenoxy) is 1. The summed E-state index contributed by atoms with van der Waals surface area (Å²) in [6, 6.07) is 9.49. The smallest absolute Gasteiger partial charge is 0.387 e. The molecule has 6 heteroatoms. The van der Waals surface area contributed by atoms with Gasteiger partial charge in [0.15, 0.2) is 0 Å². The number of halogens is 4. The van der Waals surface area contributed by atoms with Crippen molar-refractivity contribution in [1.29, 1.82) is 0 Å². The van der Waals surface area contributed by atoms with Gasteiger partial charge >= 0.3 is 6.61 Å². The highest BCUT2D eigenvalue weighted by Gasteiger charge is 2.12. The minimum atomic E-state index is -2.90. The standard InChI is InChI=1S/C15H12ClF3O2/c16-13-6-3-11(17)7-10(13)8-14(20)9-1-4-12(5-2-9)21-15(18)19/h1-7,14-15,20H,8H2. The highest BCUT2D eigenvalue weighted by Crippen LogP contribution is 2.25. The molecule has 2 aromatic rings. The Morgan fingerprint density at radius 3 is 2.38 bits per heavy atom. The number of aliphatic hydroxyl groups is 1. The fraction of sp³-hybridized carbons (Fsp3) is 0.200. The number of hydrogen-bond donors (Lipinski definition) is 1. The second-order valence-corrected chi connectivity index (χ2v) is 4.81. The van der Waals surface area contributed by atoms with E-state index in [1.54, 1.807) is 0 Å². The minimum absolute atomic E-state index is 0.00439. The van der Waals surface area contributed by atoms with Gasteiger partial charge in [0.05, 0.1) is 6.10 Å². The number of alkyl halides is 2. The van der Waals surface area contributed by atoms with Crippen LogP contribution in [0.2, 0.25) is 5.02 Å². The van der Waals surface area contributed by atoms with Gasteiger partial charge in [0.25, 0.3) is 0 Å². The summed E-state index contributed by atoms with van der Waals surface area (Å²) in [7, 11) is 0. The lowest BCUT2D eigenvalue weighted by atomic mass is 10.0. The molecular weight excluding hydrogens is 305 g/mol. The Kier molecular flexibility index (Phi) is 5.09. The molecule has 0 aliphatic rings. The fourth-order valence-electron chi connectivity index (χ4n) is 1.90. The van der Waals surface area contributed by atoms with Crippen LogP contribution in [-0.4, -0.2) is 11.7 Å². The van der Waals surface area contributed by atoms with Crippen molar-refractivity contribution in [2.75, 3.05) is 0 Å². The molecule has 2 aromatic carbocycles. The van der Waals surface area contributed by atoms with Crippen molar-refractivity contribution in [1.82, 2.24) is 0 Å². The molecule has 0 amide bonds. The Labute approximate surface area is 124 Å². The third-order valence-electron chi connectivity index (χ3n) is 2.91. The molecule has 0 aliphatic carbocycles. The van der Waals surface area contributed by atoms with Crippen LogP contribution in [0.3, 0.4) is 0 Å². The van der Waals surface area contributed by atoms with E-state index < -0.39 is 18.5 Å². The summed E-state index contributed by atoms with van der Waals surface area (Å²) in [4.78, 5) is 0. The van der Waals surface area contributed by atoms with Crippen LogP contribution in [-0.2, 0) is 6.42 Å². The molecule has 2 nitrogen and oxygen atoms in total. The van der Waals surface area contributed by atoms with Crippen LogP contribution >= 0.6 is 11.6 Å². The average molecular weight is 317 g/mol. The third kappa shape index (κ3) is 4.37. The van der Waals surface area contributed by atoms with Crippen LogP contribution in [0.4, 0.5) is 13.2 Å². The van der Waals surface area contributed by atoms with Gasteiger partial charge in [0.1, 0.15) is 11.6 Å². The van der Waals surface area contributed by atoms with Crippen molar-refractivity contribution in [3.05, 3.63) is 64.4 Å². The molecule has 1 unspecified atom stereocenters. The van der Waals surface area contributed by atoms with Crippen LogP contribution in [0.1, 0.15) is 17.2 Å². The van der Waals surface area contributed by atoms with Crippen molar-refractivity contribution in [2.24, 2.45) is 0 Å². The maximum Gasteiger partial charge on any atom is 0.387 e. The van der Waals surface area contributed by atoms with E-state index in [4.69, 9.17) is 11.6 Å². The largest absolute Gasteiger partial charge is 0.435 e. The summed E-state index contributed by atoms with van der Waals surface area (Å²) in [5.41, 5.74) is 0.967. The second kappa shape index (κ2) is 6.83. The summed E-state index contributed by atoms with van der Waals surface area (Å²) in [6.07, 6.45) is -0.809. The van der Waals surface area contributed by atoms with E-state index in [1.807, 2.05) is 0 Å². The second-order valence-electron chi connectivity index (χ2n) is 4.40.